The highest BCUT2D eigenvalue weighted by atomic mass is 16.6. The Morgan fingerprint density at radius 1 is 1.21 bits per heavy atom. The third-order valence-corrected chi connectivity index (χ3v) is 5.42. The minimum absolute atomic E-state index is 0.0281. The highest BCUT2D eigenvalue weighted by Crippen LogP contribution is 2.32. The molecular weight excluding hydrogens is 306 g/mol. The topological polar surface area (TPSA) is 84.3 Å². The predicted molar refractivity (Wildman–Crippen MR) is 93.2 cm³/mol. The van der Waals surface area contributed by atoms with Crippen LogP contribution in [0.2, 0.25) is 0 Å². The fraction of sp³-hybridized carbons (Fsp3) is 0.611. The van der Waals surface area contributed by atoms with Crippen LogP contribution in [-0.2, 0) is 0 Å². The van der Waals surface area contributed by atoms with Crippen molar-refractivity contribution in [2.75, 3.05) is 5.32 Å². The molecule has 0 radical (unpaired) electrons. The van der Waals surface area contributed by atoms with E-state index in [0.717, 1.165) is 25.7 Å². The Morgan fingerprint density at radius 2 is 1.96 bits per heavy atom. The fourth-order valence-corrected chi connectivity index (χ4v) is 3.43. The molecule has 2 saturated carbocycles. The van der Waals surface area contributed by atoms with Gasteiger partial charge in [0.15, 0.2) is 0 Å². The Labute approximate surface area is 142 Å². The maximum Gasteiger partial charge on any atom is 0.293 e. The zero-order valence-corrected chi connectivity index (χ0v) is 14.2. The molecule has 0 unspecified atom stereocenters. The van der Waals surface area contributed by atoms with Gasteiger partial charge in [0.2, 0.25) is 0 Å². The lowest BCUT2D eigenvalue weighted by Crippen LogP contribution is -2.43. The van der Waals surface area contributed by atoms with Crippen LogP contribution >= 0.6 is 0 Å². The van der Waals surface area contributed by atoms with Crippen LogP contribution in [0.15, 0.2) is 18.2 Å². The molecule has 0 bridgehead atoms. The number of nitrogens with zero attached hydrogens (tertiary/aromatic N) is 1. The van der Waals surface area contributed by atoms with Gasteiger partial charge in [0.1, 0.15) is 5.69 Å². The Kier molecular flexibility index (Phi) is 4.73. The van der Waals surface area contributed by atoms with Crippen LogP contribution in [0.5, 0.6) is 0 Å². The van der Waals surface area contributed by atoms with Crippen LogP contribution in [-0.4, -0.2) is 22.9 Å². The van der Waals surface area contributed by atoms with E-state index in [9.17, 15) is 14.9 Å². The fourth-order valence-electron chi connectivity index (χ4n) is 3.43. The summed E-state index contributed by atoms with van der Waals surface area (Å²) >= 11 is 0. The number of anilines is 1. The number of rotatable bonds is 5. The van der Waals surface area contributed by atoms with Crippen molar-refractivity contribution in [3.05, 3.63) is 33.9 Å². The van der Waals surface area contributed by atoms with Gasteiger partial charge in [0.05, 0.1) is 4.92 Å². The highest BCUT2D eigenvalue weighted by Gasteiger charge is 2.29. The summed E-state index contributed by atoms with van der Waals surface area (Å²) in [5, 5.41) is 17.5. The summed E-state index contributed by atoms with van der Waals surface area (Å²) in [6.45, 7) is 4.38. The van der Waals surface area contributed by atoms with E-state index < -0.39 is 4.92 Å². The number of carbonyl (C=O) groups excluding carboxylic acids is 1. The monoisotopic (exact) mass is 331 g/mol. The van der Waals surface area contributed by atoms with Gasteiger partial charge in [-0.2, -0.15) is 0 Å². The van der Waals surface area contributed by atoms with E-state index in [-0.39, 0.29) is 17.6 Å². The molecule has 6 heteroatoms. The first-order chi connectivity index (χ1) is 11.5. The van der Waals surface area contributed by atoms with E-state index in [1.165, 1.54) is 12.5 Å². The second-order valence-corrected chi connectivity index (χ2v) is 7.25. The summed E-state index contributed by atoms with van der Waals surface area (Å²) in [5.41, 5.74) is 0.826. The Bertz CT molecular complexity index is 642. The Morgan fingerprint density at radius 3 is 2.62 bits per heavy atom. The van der Waals surface area contributed by atoms with Gasteiger partial charge < -0.3 is 10.6 Å². The summed E-state index contributed by atoms with van der Waals surface area (Å²) in [6, 6.07) is 5.18. The number of hydrogen-bond acceptors (Lipinski definition) is 4. The third-order valence-electron chi connectivity index (χ3n) is 5.42. The number of hydrogen-bond donors (Lipinski definition) is 2. The summed E-state index contributed by atoms with van der Waals surface area (Å²) in [6.07, 6.45) is 5.36. The van der Waals surface area contributed by atoms with Gasteiger partial charge in [-0.1, -0.05) is 26.7 Å². The molecule has 0 aliphatic heterocycles. The standard InChI is InChI=1S/C18H25N3O3/c1-11-4-3-5-15(12(11)2)20-18(22)13-6-9-16(19-14-7-8-14)17(10-13)21(23)24/h6,9-12,14-15,19H,3-5,7-8H2,1-2H3,(H,20,22)/t11-,12-,15-/m1/s1. The van der Waals surface area contributed by atoms with Gasteiger partial charge >= 0.3 is 0 Å². The zero-order valence-electron chi connectivity index (χ0n) is 14.2. The van der Waals surface area contributed by atoms with Crippen LogP contribution < -0.4 is 10.6 Å². The van der Waals surface area contributed by atoms with Crippen molar-refractivity contribution in [1.82, 2.24) is 5.32 Å². The highest BCUT2D eigenvalue weighted by molar-refractivity contribution is 5.96. The number of nitro groups is 1. The first kappa shape index (κ1) is 16.7. The molecule has 0 heterocycles. The Hall–Kier alpha value is -2.11. The molecule has 0 aromatic heterocycles. The van der Waals surface area contributed by atoms with E-state index in [1.807, 2.05) is 0 Å². The molecule has 1 amide bonds. The summed E-state index contributed by atoms with van der Waals surface area (Å²) < 4.78 is 0. The smallest absolute Gasteiger partial charge is 0.293 e. The molecule has 24 heavy (non-hydrogen) atoms. The van der Waals surface area contributed by atoms with Crippen molar-refractivity contribution in [2.45, 2.75) is 58.0 Å². The number of amides is 1. The van der Waals surface area contributed by atoms with Gasteiger partial charge in [-0.05, 0) is 43.2 Å². The number of nitrogens with one attached hydrogen (secondary N) is 2. The van der Waals surface area contributed by atoms with Crippen LogP contribution in [0, 0.1) is 22.0 Å². The molecule has 3 rings (SSSR count). The second kappa shape index (κ2) is 6.79. The lowest BCUT2D eigenvalue weighted by Gasteiger charge is -2.34. The average Bonchev–Trinajstić information content (AvgIpc) is 3.36. The second-order valence-electron chi connectivity index (χ2n) is 7.25. The number of nitro benzene ring substituents is 1. The number of carbonyl (C=O) groups is 1. The van der Waals surface area contributed by atoms with E-state index in [0.29, 0.717) is 29.1 Å². The first-order valence-electron chi connectivity index (χ1n) is 8.81. The molecule has 6 nitrogen and oxygen atoms in total. The van der Waals surface area contributed by atoms with Crippen molar-refractivity contribution in [2.24, 2.45) is 11.8 Å². The minimum Gasteiger partial charge on any atom is -0.377 e. The molecule has 2 N–H and O–H groups in total. The van der Waals surface area contributed by atoms with Crippen LogP contribution in [0.3, 0.4) is 0 Å². The molecule has 130 valence electrons. The van der Waals surface area contributed by atoms with Crippen LogP contribution in [0.4, 0.5) is 11.4 Å². The molecule has 1 aromatic rings. The summed E-state index contributed by atoms with van der Waals surface area (Å²) in [7, 11) is 0. The molecule has 0 saturated heterocycles. The summed E-state index contributed by atoms with van der Waals surface area (Å²) in [4.78, 5) is 23.4. The normalized spacial score (nSPS) is 26.7. The quantitative estimate of drug-likeness (QED) is 0.636. The molecule has 0 spiro atoms. The van der Waals surface area contributed by atoms with Gasteiger partial charge in [-0.25, -0.2) is 0 Å². The van der Waals surface area contributed by atoms with E-state index in [2.05, 4.69) is 24.5 Å². The van der Waals surface area contributed by atoms with Crippen molar-refractivity contribution in [1.29, 1.82) is 0 Å². The van der Waals surface area contributed by atoms with Gasteiger partial charge in [-0.15, -0.1) is 0 Å². The van der Waals surface area contributed by atoms with Gasteiger partial charge in [0.25, 0.3) is 11.6 Å². The predicted octanol–water partition coefficient (Wildman–Crippen LogP) is 3.72. The SMILES string of the molecule is C[C@@H]1[C@H](C)CCC[C@H]1NC(=O)c1ccc(NC2CC2)c([N+](=O)[O-])c1. The molecule has 2 aliphatic carbocycles. The van der Waals surface area contributed by atoms with E-state index >= 15 is 0 Å². The maximum atomic E-state index is 12.5. The van der Waals surface area contributed by atoms with Gasteiger partial charge in [-0.3, -0.25) is 14.9 Å². The van der Waals surface area contributed by atoms with Crippen molar-refractivity contribution in [3.8, 4) is 0 Å². The van der Waals surface area contributed by atoms with Crippen molar-refractivity contribution in [3.63, 3.8) is 0 Å². The molecule has 3 atom stereocenters. The minimum atomic E-state index is -0.424. The lowest BCUT2D eigenvalue weighted by atomic mass is 9.78. The first-order valence-corrected chi connectivity index (χ1v) is 8.81. The summed E-state index contributed by atoms with van der Waals surface area (Å²) in [5.74, 6) is 0.791. The van der Waals surface area contributed by atoms with Crippen molar-refractivity contribution < 1.29 is 9.72 Å². The molecule has 1 aromatic carbocycles. The number of benzene rings is 1. The zero-order chi connectivity index (χ0) is 17.3. The van der Waals surface area contributed by atoms with E-state index in [4.69, 9.17) is 0 Å². The molecular formula is C18H25N3O3. The lowest BCUT2D eigenvalue weighted by molar-refractivity contribution is -0.384. The average molecular weight is 331 g/mol. The largest absolute Gasteiger partial charge is 0.377 e. The Balaban J connectivity index is 1.74. The van der Waals surface area contributed by atoms with Gasteiger partial charge in [0, 0.05) is 23.7 Å². The molecule has 2 aliphatic rings. The van der Waals surface area contributed by atoms with Crippen LogP contribution in [0.25, 0.3) is 0 Å². The van der Waals surface area contributed by atoms with Crippen LogP contribution in [0.1, 0.15) is 56.3 Å². The maximum absolute atomic E-state index is 12.5. The molecule has 2 fully saturated rings. The van der Waals surface area contributed by atoms with Crippen molar-refractivity contribution >= 4 is 17.3 Å². The van der Waals surface area contributed by atoms with E-state index in [1.54, 1.807) is 12.1 Å². The third kappa shape index (κ3) is 3.68.